The smallest absolute Gasteiger partial charge is 0.264 e. The maximum atomic E-state index is 13.5. The fourth-order valence-corrected chi connectivity index (χ4v) is 5.69. The average Bonchev–Trinajstić information content (AvgIpc) is 3.35. The lowest BCUT2D eigenvalue weighted by molar-refractivity contribution is -0.128. The lowest BCUT2D eigenvalue weighted by atomic mass is 10.1. The standard InChI is InChI=1S/C28H31N3O6S/c1-36-25-15-14-23(17-26(25)37-2)31(38(34,35)24-7-4-3-5-8-24)20-27(32)29-18-21-10-12-22(13-11-21)19-30-16-6-9-28(30)33/h3-5,7-8,10-15,17H,6,9,16,18-20H2,1-2H3,(H,29,32). The summed E-state index contributed by atoms with van der Waals surface area (Å²) in [6, 6.07) is 20.3. The summed E-state index contributed by atoms with van der Waals surface area (Å²) in [7, 11) is -1.11. The maximum absolute atomic E-state index is 13.5. The van der Waals surface area contributed by atoms with E-state index >= 15 is 0 Å². The first kappa shape index (κ1) is 27.0. The van der Waals surface area contributed by atoms with Crippen molar-refractivity contribution in [3.8, 4) is 11.5 Å². The van der Waals surface area contributed by atoms with Gasteiger partial charge in [-0.1, -0.05) is 42.5 Å². The Bertz CT molecular complexity index is 1380. The monoisotopic (exact) mass is 537 g/mol. The van der Waals surface area contributed by atoms with Crippen molar-refractivity contribution in [3.63, 3.8) is 0 Å². The highest BCUT2D eigenvalue weighted by Gasteiger charge is 2.28. The van der Waals surface area contributed by atoms with Crippen LogP contribution < -0.4 is 19.1 Å². The molecule has 4 rings (SSSR count). The zero-order valence-corrected chi connectivity index (χ0v) is 22.2. The first-order valence-corrected chi connectivity index (χ1v) is 13.7. The molecule has 1 aliphatic heterocycles. The van der Waals surface area contributed by atoms with Crippen LogP contribution in [0.3, 0.4) is 0 Å². The number of sulfonamides is 1. The highest BCUT2D eigenvalue weighted by molar-refractivity contribution is 7.92. The van der Waals surface area contributed by atoms with Crippen LogP contribution in [0.4, 0.5) is 5.69 Å². The molecule has 200 valence electrons. The molecule has 0 radical (unpaired) electrons. The van der Waals surface area contributed by atoms with Gasteiger partial charge in [0.15, 0.2) is 11.5 Å². The van der Waals surface area contributed by atoms with E-state index in [1.807, 2.05) is 29.2 Å². The first-order valence-electron chi connectivity index (χ1n) is 12.2. The second-order valence-corrected chi connectivity index (χ2v) is 10.7. The Kier molecular flexibility index (Phi) is 8.52. The molecule has 9 nitrogen and oxygen atoms in total. The Balaban J connectivity index is 1.48. The number of hydrogen-bond donors (Lipinski definition) is 1. The molecule has 1 aliphatic rings. The number of methoxy groups -OCH3 is 2. The van der Waals surface area contributed by atoms with Crippen LogP contribution in [0, 0.1) is 0 Å². The van der Waals surface area contributed by atoms with Crippen molar-refractivity contribution in [3.05, 3.63) is 83.9 Å². The number of hydrogen-bond acceptors (Lipinski definition) is 6. The van der Waals surface area contributed by atoms with Gasteiger partial charge in [-0.15, -0.1) is 0 Å². The second kappa shape index (κ2) is 12.0. The number of carbonyl (C=O) groups is 2. The molecule has 3 aromatic rings. The minimum atomic E-state index is -4.05. The van der Waals surface area contributed by atoms with E-state index in [1.165, 1.54) is 32.4 Å². The van der Waals surface area contributed by atoms with Gasteiger partial charge in [0, 0.05) is 32.1 Å². The van der Waals surface area contributed by atoms with Crippen LogP contribution in [0.15, 0.2) is 77.7 Å². The van der Waals surface area contributed by atoms with E-state index in [0.717, 1.165) is 28.4 Å². The minimum absolute atomic E-state index is 0.0645. The Morgan fingerprint density at radius 2 is 1.63 bits per heavy atom. The van der Waals surface area contributed by atoms with E-state index in [2.05, 4.69) is 5.32 Å². The highest BCUT2D eigenvalue weighted by Crippen LogP contribution is 2.33. The van der Waals surface area contributed by atoms with Crippen LogP contribution in [0.2, 0.25) is 0 Å². The van der Waals surface area contributed by atoms with Gasteiger partial charge in [-0.05, 0) is 41.8 Å². The Hall–Kier alpha value is -4.05. The van der Waals surface area contributed by atoms with Crippen LogP contribution in [0.25, 0.3) is 0 Å². The summed E-state index contributed by atoms with van der Waals surface area (Å²) in [5.74, 6) is 0.488. The molecule has 0 unspecified atom stereocenters. The highest BCUT2D eigenvalue weighted by atomic mass is 32.2. The molecular formula is C28H31N3O6S. The third-order valence-electron chi connectivity index (χ3n) is 6.33. The predicted molar refractivity (Wildman–Crippen MR) is 143 cm³/mol. The number of nitrogens with one attached hydrogen (secondary N) is 1. The SMILES string of the molecule is COc1ccc(N(CC(=O)NCc2ccc(CN3CCCC3=O)cc2)S(=O)(=O)c2ccccc2)cc1OC. The largest absolute Gasteiger partial charge is 0.493 e. The Labute approximate surface area is 223 Å². The minimum Gasteiger partial charge on any atom is -0.493 e. The normalized spacial score (nSPS) is 13.3. The topological polar surface area (TPSA) is 105 Å². The van der Waals surface area contributed by atoms with E-state index in [1.54, 1.807) is 30.3 Å². The number of amides is 2. The number of anilines is 1. The van der Waals surface area contributed by atoms with Gasteiger partial charge in [-0.2, -0.15) is 0 Å². The predicted octanol–water partition coefficient (Wildman–Crippen LogP) is 3.34. The summed E-state index contributed by atoms with van der Waals surface area (Å²) in [6.45, 7) is 1.15. The van der Waals surface area contributed by atoms with Crippen LogP contribution >= 0.6 is 0 Å². The molecule has 0 aliphatic carbocycles. The molecule has 0 spiro atoms. The molecule has 3 aromatic carbocycles. The van der Waals surface area contributed by atoms with Crippen LogP contribution in [0.1, 0.15) is 24.0 Å². The van der Waals surface area contributed by atoms with Crippen LogP contribution in [-0.4, -0.2) is 52.4 Å². The summed E-state index contributed by atoms with van der Waals surface area (Å²) >= 11 is 0. The molecule has 1 heterocycles. The lowest BCUT2D eigenvalue weighted by Crippen LogP contribution is -2.40. The molecule has 10 heteroatoms. The zero-order chi connectivity index (χ0) is 27.1. The second-order valence-electron chi connectivity index (χ2n) is 8.88. The summed E-state index contributed by atoms with van der Waals surface area (Å²) in [4.78, 5) is 26.7. The molecule has 0 atom stereocenters. The van der Waals surface area contributed by atoms with Gasteiger partial charge in [-0.3, -0.25) is 13.9 Å². The third-order valence-corrected chi connectivity index (χ3v) is 8.12. The van der Waals surface area contributed by atoms with Crippen molar-refractivity contribution in [2.45, 2.75) is 30.8 Å². The van der Waals surface area contributed by atoms with E-state index in [-0.39, 0.29) is 23.0 Å². The van der Waals surface area contributed by atoms with Crippen molar-refractivity contribution < 1.29 is 27.5 Å². The molecule has 0 aromatic heterocycles. The number of rotatable bonds is 11. The van der Waals surface area contributed by atoms with Crippen molar-refractivity contribution >= 4 is 27.5 Å². The summed E-state index contributed by atoms with van der Waals surface area (Å²) in [6.07, 6.45) is 1.49. The van der Waals surface area contributed by atoms with E-state index in [4.69, 9.17) is 9.47 Å². The van der Waals surface area contributed by atoms with Gasteiger partial charge in [0.05, 0.1) is 24.8 Å². The number of carbonyl (C=O) groups excluding carboxylic acids is 2. The van der Waals surface area contributed by atoms with Gasteiger partial charge in [0.1, 0.15) is 6.54 Å². The van der Waals surface area contributed by atoms with E-state index in [0.29, 0.717) is 24.5 Å². The molecule has 38 heavy (non-hydrogen) atoms. The fourth-order valence-electron chi connectivity index (χ4n) is 4.26. The summed E-state index contributed by atoms with van der Waals surface area (Å²) in [5.41, 5.74) is 2.14. The van der Waals surface area contributed by atoms with Gasteiger partial charge in [0.2, 0.25) is 11.8 Å². The Morgan fingerprint density at radius 1 is 0.947 bits per heavy atom. The van der Waals surface area contributed by atoms with Crippen LogP contribution in [-0.2, 0) is 32.7 Å². The third kappa shape index (κ3) is 6.25. The maximum Gasteiger partial charge on any atom is 0.264 e. The van der Waals surface area contributed by atoms with E-state index in [9.17, 15) is 18.0 Å². The number of likely N-dealkylation sites (tertiary alicyclic amines) is 1. The number of nitrogens with zero attached hydrogens (tertiary/aromatic N) is 2. The number of ether oxygens (including phenoxy) is 2. The van der Waals surface area contributed by atoms with E-state index < -0.39 is 22.5 Å². The first-order chi connectivity index (χ1) is 18.3. The summed E-state index contributed by atoms with van der Waals surface area (Å²) in [5, 5.41) is 2.81. The Morgan fingerprint density at radius 3 is 2.26 bits per heavy atom. The van der Waals surface area contributed by atoms with Gasteiger partial charge in [0.25, 0.3) is 10.0 Å². The van der Waals surface area contributed by atoms with Crippen LogP contribution in [0.5, 0.6) is 11.5 Å². The van der Waals surface area contributed by atoms with Gasteiger partial charge in [-0.25, -0.2) is 8.42 Å². The van der Waals surface area contributed by atoms with Gasteiger partial charge < -0.3 is 19.7 Å². The van der Waals surface area contributed by atoms with Crippen molar-refractivity contribution in [1.82, 2.24) is 10.2 Å². The molecule has 1 fully saturated rings. The van der Waals surface area contributed by atoms with Gasteiger partial charge >= 0.3 is 0 Å². The molecule has 0 saturated carbocycles. The molecule has 2 amide bonds. The molecular weight excluding hydrogens is 506 g/mol. The number of benzene rings is 3. The summed E-state index contributed by atoms with van der Waals surface area (Å²) < 4.78 is 38.8. The fraction of sp³-hybridized carbons (Fsp3) is 0.286. The quantitative estimate of drug-likeness (QED) is 0.402. The van der Waals surface area contributed by atoms with Crippen molar-refractivity contribution in [2.24, 2.45) is 0 Å². The molecule has 1 N–H and O–H groups in total. The van der Waals surface area contributed by atoms with Crippen molar-refractivity contribution in [1.29, 1.82) is 0 Å². The molecule has 1 saturated heterocycles. The lowest BCUT2D eigenvalue weighted by Gasteiger charge is -2.25. The average molecular weight is 538 g/mol. The molecule has 0 bridgehead atoms. The zero-order valence-electron chi connectivity index (χ0n) is 21.4. The van der Waals surface area contributed by atoms with Crippen molar-refractivity contribution in [2.75, 3.05) is 31.6 Å².